The van der Waals surface area contributed by atoms with E-state index in [1.807, 2.05) is 0 Å². The van der Waals surface area contributed by atoms with Crippen molar-refractivity contribution >= 4 is 0 Å². The van der Waals surface area contributed by atoms with Gasteiger partial charge in [0, 0.05) is 18.6 Å². The maximum Gasteiger partial charge on any atom is 0.0473 e. The van der Waals surface area contributed by atoms with E-state index < -0.39 is 0 Å². The van der Waals surface area contributed by atoms with Gasteiger partial charge >= 0.3 is 0 Å². The molecule has 1 fully saturated rings. The van der Waals surface area contributed by atoms with Crippen LogP contribution in [0.15, 0.2) is 24.3 Å². The van der Waals surface area contributed by atoms with Gasteiger partial charge in [-0.15, -0.1) is 0 Å². The Morgan fingerprint density at radius 1 is 1.15 bits per heavy atom. The third-order valence-electron chi connectivity index (χ3n) is 4.79. The van der Waals surface area contributed by atoms with Crippen molar-refractivity contribution in [2.75, 3.05) is 13.1 Å². The number of hydrogen-bond donors (Lipinski definition) is 1. The summed E-state index contributed by atoms with van der Waals surface area (Å²) >= 11 is 0. The van der Waals surface area contributed by atoms with Crippen molar-refractivity contribution in [3.8, 4) is 0 Å². The average molecular weight is 274 g/mol. The zero-order valence-corrected chi connectivity index (χ0v) is 13.1. The first-order valence-corrected chi connectivity index (χ1v) is 8.34. The Morgan fingerprint density at radius 3 is 2.50 bits per heavy atom. The highest BCUT2D eigenvalue weighted by molar-refractivity contribution is 5.25. The van der Waals surface area contributed by atoms with E-state index in [0.29, 0.717) is 12.1 Å². The summed E-state index contributed by atoms with van der Waals surface area (Å²) in [6, 6.07) is 10.2. The Morgan fingerprint density at radius 2 is 1.90 bits per heavy atom. The first-order valence-electron chi connectivity index (χ1n) is 8.34. The van der Waals surface area contributed by atoms with E-state index in [-0.39, 0.29) is 0 Å². The van der Waals surface area contributed by atoms with Crippen molar-refractivity contribution in [2.45, 2.75) is 64.5 Å². The zero-order chi connectivity index (χ0) is 14.4. The standard InChI is InChI=1S/C18H30N2/c1-3-15-9-11-16(12-10-15)18(14-19)20-13-7-5-6-8-17(20)4-2/h9-12,17-18H,3-8,13-14,19H2,1-2H3. The van der Waals surface area contributed by atoms with Crippen molar-refractivity contribution in [1.82, 2.24) is 4.90 Å². The van der Waals surface area contributed by atoms with E-state index in [2.05, 4.69) is 43.0 Å². The number of aryl methyl sites for hydroxylation is 1. The van der Waals surface area contributed by atoms with Gasteiger partial charge in [-0.1, -0.05) is 51.0 Å². The Balaban J connectivity index is 2.19. The van der Waals surface area contributed by atoms with Gasteiger partial charge in [0.05, 0.1) is 0 Å². The minimum Gasteiger partial charge on any atom is -0.329 e. The second kappa shape index (κ2) is 7.80. The number of benzene rings is 1. The fourth-order valence-electron chi connectivity index (χ4n) is 3.49. The molecule has 0 radical (unpaired) electrons. The molecule has 1 aromatic rings. The Hall–Kier alpha value is -0.860. The van der Waals surface area contributed by atoms with E-state index in [9.17, 15) is 0 Å². The van der Waals surface area contributed by atoms with Crippen molar-refractivity contribution in [2.24, 2.45) is 5.73 Å². The van der Waals surface area contributed by atoms with E-state index in [1.54, 1.807) is 0 Å². The summed E-state index contributed by atoms with van der Waals surface area (Å²) in [6.45, 7) is 6.45. The SMILES string of the molecule is CCc1ccc(C(CN)N2CCCCCC2CC)cc1. The van der Waals surface area contributed by atoms with Crippen LogP contribution in [0.25, 0.3) is 0 Å². The molecule has 112 valence electrons. The molecule has 1 heterocycles. The van der Waals surface area contributed by atoms with Gasteiger partial charge in [-0.2, -0.15) is 0 Å². The molecule has 1 aliphatic rings. The highest BCUT2D eigenvalue weighted by atomic mass is 15.2. The monoisotopic (exact) mass is 274 g/mol. The maximum atomic E-state index is 6.13. The number of nitrogens with two attached hydrogens (primary N) is 1. The molecule has 1 saturated heterocycles. The van der Waals surface area contributed by atoms with Crippen LogP contribution in [0.1, 0.15) is 63.1 Å². The molecule has 20 heavy (non-hydrogen) atoms. The van der Waals surface area contributed by atoms with Crippen LogP contribution < -0.4 is 5.73 Å². The fourth-order valence-corrected chi connectivity index (χ4v) is 3.49. The summed E-state index contributed by atoms with van der Waals surface area (Å²) < 4.78 is 0. The summed E-state index contributed by atoms with van der Waals surface area (Å²) in [7, 11) is 0. The molecule has 2 heteroatoms. The molecule has 2 N–H and O–H groups in total. The van der Waals surface area contributed by atoms with Crippen LogP contribution in [0, 0.1) is 0 Å². The molecule has 1 aliphatic heterocycles. The van der Waals surface area contributed by atoms with Crippen LogP contribution in [0.2, 0.25) is 0 Å². The molecule has 0 saturated carbocycles. The van der Waals surface area contributed by atoms with Gasteiger partial charge in [-0.25, -0.2) is 0 Å². The van der Waals surface area contributed by atoms with Gasteiger partial charge in [0.1, 0.15) is 0 Å². The molecule has 2 rings (SSSR count). The number of hydrogen-bond acceptors (Lipinski definition) is 2. The molecule has 2 unspecified atom stereocenters. The average Bonchev–Trinajstić information content (AvgIpc) is 2.74. The normalized spacial score (nSPS) is 22.4. The van der Waals surface area contributed by atoms with Gasteiger partial charge in [-0.05, 0) is 43.4 Å². The molecular formula is C18H30N2. The summed E-state index contributed by atoms with van der Waals surface area (Å²) in [5, 5.41) is 0. The summed E-state index contributed by atoms with van der Waals surface area (Å²) in [4.78, 5) is 2.67. The van der Waals surface area contributed by atoms with Crippen molar-refractivity contribution < 1.29 is 0 Å². The number of nitrogens with zero attached hydrogens (tertiary/aromatic N) is 1. The van der Waals surface area contributed by atoms with E-state index in [0.717, 1.165) is 13.0 Å². The van der Waals surface area contributed by atoms with Crippen LogP contribution in [-0.2, 0) is 6.42 Å². The van der Waals surface area contributed by atoms with Gasteiger partial charge < -0.3 is 5.73 Å². The predicted octanol–water partition coefficient (Wildman–Crippen LogP) is 3.90. The molecule has 2 atom stereocenters. The Kier molecular flexibility index (Phi) is 6.06. The van der Waals surface area contributed by atoms with Gasteiger partial charge in [0.15, 0.2) is 0 Å². The molecule has 0 aromatic heterocycles. The summed E-state index contributed by atoms with van der Waals surface area (Å²) in [5.74, 6) is 0. The lowest BCUT2D eigenvalue weighted by atomic mass is 9.99. The lowest BCUT2D eigenvalue weighted by Crippen LogP contribution is -2.41. The van der Waals surface area contributed by atoms with Gasteiger partial charge in [0.2, 0.25) is 0 Å². The first-order chi connectivity index (χ1) is 9.80. The summed E-state index contributed by atoms with van der Waals surface area (Å²) in [6.07, 6.45) is 7.75. The third-order valence-corrected chi connectivity index (χ3v) is 4.79. The maximum absolute atomic E-state index is 6.13. The Labute approximate surface area is 124 Å². The smallest absolute Gasteiger partial charge is 0.0473 e. The molecule has 0 amide bonds. The first kappa shape index (κ1) is 15.5. The lowest BCUT2D eigenvalue weighted by molar-refractivity contribution is 0.136. The van der Waals surface area contributed by atoms with Crippen LogP contribution in [0.3, 0.4) is 0 Å². The highest BCUT2D eigenvalue weighted by Gasteiger charge is 2.26. The predicted molar refractivity (Wildman–Crippen MR) is 86.9 cm³/mol. The van der Waals surface area contributed by atoms with Crippen LogP contribution >= 0.6 is 0 Å². The van der Waals surface area contributed by atoms with E-state index in [1.165, 1.54) is 49.8 Å². The van der Waals surface area contributed by atoms with E-state index in [4.69, 9.17) is 5.73 Å². The Bertz CT molecular complexity index is 385. The number of rotatable bonds is 5. The number of likely N-dealkylation sites (tertiary alicyclic amines) is 1. The van der Waals surface area contributed by atoms with Crippen molar-refractivity contribution in [3.05, 3.63) is 35.4 Å². The van der Waals surface area contributed by atoms with Crippen LogP contribution in [0.5, 0.6) is 0 Å². The largest absolute Gasteiger partial charge is 0.329 e. The summed E-state index contributed by atoms with van der Waals surface area (Å²) in [5.41, 5.74) is 8.94. The van der Waals surface area contributed by atoms with Crippen LogP contribution in [-0.4, -0.2) is 24.0 Å². The topological polar surface area (TPSA) is 29.3 Å². The van der Waals surface area contributed by atoms with Crippen LogP contribution in [0.4, 0.5) is 0 Å². The molecule has 1 aromatic carbocycles. The van der Waals surface area contributed by atoms with Crippen molar-refractivity contribution in [3.63, 3.8) is 0 Å². The zero-order valence-electron chi connectivity index (χ0n) is 13.1. The second-order valence-corrected chi connectivity index (χ2v) is 6.00. The third kappa shape index (κ3) is 3.62. The van der Waals surface area contributed by atoms with Gasteiger partial charge in [0.25, 0.3) is 0 Å². The molecule has 0 bridgehead atoms. The van der Waals surface area contributed by atoms with Gasteiger partial charge in [-0.3, -0.25) is 4.90 Å². The fraction of sp³-hybridized carbons (Fsp3) is 0.667. The second-order valence-electron chi connectivity index (χ2n) is 6.00. The molecule has 0 spiro atoms. The quantitative estimate of drug-likeness (QED) is 0.882. The lowest BCUT2D eigenvalue weighted by Gasteiger charge is -2.36. The minimum atomic E-state index is 0.393. The molecular weight excluding hydrogens is 244 g/mol. The highest BCUT2D eigenvalue weighted by Crippen LogP contribution is 2.29. The van der Waals surface area contributed by atoms with E-state index >= 15 is 0 Å². The van der Waals surface area contributed by atoms with Crippen molar-refractivity contribution in [1.29, 1.82) is 0 Å². The minimum absolute atomic E-state index is 0.393. The molecule has 2 nitrogen and oxygen atoms in total. The molecule has 0 aliphatic carbocycles.